The largest absolute Gasteiger partial charge is 0.465 e. The maximum absolute atomic E-state index is 9.62. The molecule has 0 aromatic rings. The summed E-state index contributed by atoms with van der Waals surface area (Å²) in [6.07, 6.45) is -0.270. The molecular weight excluding hydrogens is 94.0 g/mol. The Morgan fingerprint density at radius 2 is 2.57 bits per heavy atom. The van der Waals surface area contributed by atoms with Gasteiger partial charge in [0.15, 0.2) is 0 Å². The summed E-state index contributed by atoms with van der Waals surface area (Å²) in [5, 5.41) is 9.99. The summed E-state index contributed by atoms with van der Waals surface area (Å²) in [6.45, 7) is 3.33. The molecule has 0 spiro atoms. The molecule has 0 heterocycles. The topological polar surface area (TPSA) is 49.3 Å². The molecule has 0 aliphatic heterocycles. The number of carbonyl (C=O) groups is 1. The van der Waals surface area contributed by atoms with Crippen molar-refractivity contribution < 1.29 is 9.90 Å². The summed E-state index contributed by atoms with van der Waals surface area (Å²) in [5.74, 6) is 0. The van der Waals surface area contributed by atoms with E-state index >= 15 is 0 Å². The van der Waals surface area contributed by atoms with E-state index in [2.05, 4.69) is 5.32 Å². The molecule has 0 aromatic carbocycles. The lowest BCUT2D eigenvalue weighted by Crippen LogP contribution is -2.16. The zero-order chi connectivity index (χ0) is 5.70. The lowest BCUT2D eigenvalue weighted by molar-refractivity contribution is 0.197. The van der Waals surface area contributed by atoms with Crippen molar-refractivity contribution in [2.75, 3.05) is 0 Å². The minimum Gasteiger partial charge on any atom is -0.465 e. The average molecular weight is 102 g/mol. The highest BCUT2D eigenvalue weighted by molar-refractivity contribution is 5.65. The van der Waals surface area contributed by atoms with E-state index in [1.165, 1.54) is 6.54 Å². The molecule has 41 valence electrons. The van der Waals surface area contributed by atoms with Crippen LogP contribution in [0.2, 0.25) is 0 Å². The van der Waals surface area contributed by atoms with Gasteiger partial charge < -0.3 is 10.4 Å². The first kappa shape index (κ1) is 6.27. The Labute approximate surface area is 42.3 Å². The van der Waals surface area contributed by atoms with E-state index in [1.54, 1.807) is 0 Å². The molecule has 0 bridgehead atoms. The van der Waals surface area contributed by atoms with Crippen molar-refractivity contribution in [1.82, 2.24) is 5.32 Å². The molecule has 7 heavy (non-hydrogen) atoms. The normalized spacial score (nSPS) is 8.14. The predicted molar refractivity (Wildman–Crippen MR) is 25.8 cm³/mol. The van der Waals surface area contributed by atoms with E-state index in [0.717, 1.165) is 6.42 Å². The molecule has 3 nitrogen and oxygen atoms in total. The van der Waals surface area contributed by atoms with Gasteiger partial charge in [-0.1, -0.05) is 6.92 Å². The third-order valence-corrected chi connectivity index (χ3v) is 0.430. The van der Waals surface area contributed by atoms with Gasteiger partial charge in [-0.05, 0) is 6.42 Å². The van der Waals surface area contributed by atoms with Crippen molar-refractivity contribution in [1.29, 1.82) is 0 Å². The quantitative estimate of drug-likeness (QED) is 0.542. The number of rotatable bonds is 2. The third-order valence-electron chi connectivity index (χ3n) is 0.430. The Hall–Kier alpha value is -0.730. The van der Waals surface area contributed by atoms with Crippen LogP contribution >= 0.6 is 0 Å². The van der Waals surface area contributed by atoms with Crippen LogP contribution in [0.3, 0.4) is 0 Å². The molecule has 0 fully saturated rings. The molecule has 0 atom stereocenters. The Balaban J connectivity index is 2.82. The van der Waals surface area contributed by atoms with Crippen LogP contribution in [0.15, 0.2) is 0 Å². The molecular formula is C4H8NO2. The monoisotopic (exact) mass is 102 g/mol. The number of amides is 1. The van der Waals surface area contributed by atoms with Gasteiger partial charge in [0.1, 0.15) is 0 Å². The summed E-state index contributed by atoms with van der Waals surface area (Å²) < 4.78 is 0. The summed E-state index contributed by atoms with van der Waals surface area (Å²) in [6, 6.07) is 0. The van der Waals surface area contributed by atoms with Gasteiger partial charge in [-0.3, -0.25) is 0 Å². The van der Waals surface area contributed by atoms with Gasteiger partial charge in [-0.2, -0.15) is 0 Å². The van der Waals surface area contributed by atoms with Crippen molar-refractivity contribution in [3.63, 3.8) is 0 Å². The molecule has 0 saturated heterocycles. The number of hydrogen-bond acceptors (Lipinski definition) is 1. The fourth-order valence-electron chi connectivity index (χ4n) is 0.189. The van der Waals surface area contributed by atoms with Crippen molar-refractivity contribution in [3.05, 3.63) is 6.54 Å². The lowest BCUT2D eigenvalue weighted by Gasteiger charge is -1.90. The van der Waals surface area contributed by atoms with Crippen LogP contribution in [0.1, 0.15) is 13.3 Å². The fraction of sp³-hybridized carbons (Fsp3) is 0.500. The number of carboxylic acid groups (broad SMARTS) is 1. The highest BCUT2D eigenvalue weighted by Crippen LogP contribution is 1.75. The average Bonchev–Trinajstić information content (AvgIpc) is 1.61. The van der Waals surface area contributed by atoms with Crippen LogP contribution in [-0.2, 0) is 0 Å². The van der Waals surface area contributed by atoms with Gasteiger partial charge in [-0.25, -0.2) is 4.79 Å². The lowest BCUT2D eigenvalue weighted by atomic mass is 10.5. The van der Waals surface area contributed by atoms with Crippen molar-refractivity contribution in [3.8, 4) is 0 Å². The first-order valence-electron chi connectivity index (χ1n) is 2.08. The van der Waals surface area contributed by atoms with Crippen LogP contribution in [-0.4, -0.2) is 11.2 Å². The molecule has 0 aliphatic rings. The summed E-state index contributed by atoms with van der Waals surface area (Å²) in [5.41, 5.74) is 0. The van der Waals surface area contributed by atoms with Crippen LogP contribution in [0, 0.1) is 6.54 Å². The van der Waals surface area contributed by atoms with Crippen LogP contribution in [0.4, 0.5) is 4.79 Å². The number of nitrogens with one attached hydrogen (secondary N) is 1. The second kappa shape index (κ2) is 3.46. The number of hydrogen-bond donors (Lipinski definition) is 2. The van der Waals surface area contributed by atoms with Crippen LogP contribution < -0.4 is 5.32 Å². The minimum absolute atomic E-state index is 0.728. The van der Waals surface area contributed by atoms with Gasteiger partial charge in [0, 0.05) is 0 Å². The second-order valence-electron chi connectivity index (χ2n) is 1.06. The molecule has 1 amide bonds. The second-order valence-corrected chi connectivity index (χ2v) is 1.06. The van der Waals surface area contributed by atoms with Gasteiger partial charge in [0.25, 0.3) is 0 Å². The Morgan fingerprint density at radius 3 is 2.71 bits per heavy atom. The fourth-order valence-corrected chi connectivity index (χ4v) is 0.189. The maximum Gasteiger partial charge on any atom is 0.404 e. The molecule has 0 aromatic heterocycles. The van der Waals surface area contributed by atoms with Gasteiger partial charge >= 0.3 is 6.09 Å². The molecule has 1 radical (unpaired) electrons. The minimum atomic E-state index is -0.998. The highest BCUT2D eigenvalue weighted by atomic mass is 16.4. The molecule has 0 aliphatic carbocycles. The Bertz CT molecular complexity index is 62.7. The highest BCUT2D eigenvalue weighted by Gasteiger charge is 1.87. The predicted octanol–water partition coefficient (Wildman–Crippen LogP) is 0.826. The molecule has 3 heteroatoms. The summed E-state index contributed by atoms with van der Waals surface area (Å²) in [4.78, 5) is 9.62. The van der Waals surface area contributed by atoms with Gasteiger partial charge in [0.05, 0.1) is 6.54 Å². The van der Waals surface area contributed by atoms with Crippen molar-refractivity contribution in [2.24, 2.45) is 0 Å². The van der Waals surface area contributed by atoms with E-state index < -0.39 is 6.09 Å². The van der Waals surface area contributed by atoms with Crippen molar-refractivity contribution in [2.45, 2.75) is 13.3 Å². The van der Waals surface area contributed by atoms with E-state index in [9.17, 15) is 4.79 Å². The van der Waals surface area contributed by atoms with E-state index in [-0.39, 0.29) is 0 Å². The zero-order valence-electron chi connectivity index (χ0n) is 4.14. The van der Waals surface area contributed by atoms with E-state index in [1.807, 2.05) is 6.92 Å². The Morgan fingerprint density at radius 1 is 2.00 bits per heavy atom. The summed E-state index contributed by atoms with van der Waals surface area (Å²) in [7, 11) is 0. The Kier molecular flexibility index (Phi) is 3.10. The van der Waals surface area contributed by atoms with Crippen LogP contribution in [0.5, 0.6) is 0 Å². The SMILES string of the molecule is CC[CH]NC(=O)O. The van der Waals surface area contributed by atoms with Gasteiger partial charge in [-0.15, -0.1) is 0 Å². The molecule has 2 N–H and O–H groups in total. The standard InChI is InChI=1S/C4H8NO2/c1-2-3-5-4(6)7/h3,5H,2H2,1H3,(H,6,7). The zero-order valence-corrected chi connectivity index (χ0v) is 4.14. The van der Waals surface area contributed by atoms with Crippen molar-refractivity contribution >= 4 is 6.09 Å². The molecule has 0 unspecified atom stereocenters. The van der Waals surface area contributed by atoms with Gasteiger partial charge in [0.2, 0.25) is 0 Å². The summed E-state index contributed by atoms with van der Waals surface area (Å²) >= 11 is 0. The van der Waals surface area contributed by atoms with E-state index in [4.69, 9.17) is 5.11 Å². The third kappa shape index (κ3) is 5.27. The maximum atomic E-state index is 9.62. The first-order chi connectivity index (χ1) is 3.27. The smallest absolute Gasteiger partial charge is 0.404 e. The van der Waals surface area contributed by atoms with E-state index in [0.29, 0.717) is 0 Å². The molecule has 0 saturated carbocycles. The van der Waals surface area contributed by atoms with Crippen LogP contribution in [0.25, 0.3) is 0 Å². The molecule has 0 rings (SSSR count). The first-order valence-corrected chi connectivity index (χ1v) is 2.08.